The average molecular weight is 148 g/mol. The van der Waals surface area contributed by atoms with E-state index in [-0.39, 0.29) is 0 Å². The Labute approximate surface area is 44.2 Å². The lowest BCUT2D eigenvalue weighted by Gasteiger charge is -1.92. The van der Waals surface area contributed by atoms with Crippen LogP contribution < -0.4 is 0 Å². The molecule has 8 heavy (non-hydrogen) atoms. The van der Waals surface area contributed by atoms with Crippen molar-refractivity contribution in [3.05, 3.63) is 0 Å². The molecule has 0 saturated carbocycles. The average Bonchev–Trinajstić information content (AvgIpc) is 1.67. The van der Waals surface area contributed by atoms with E-state index in [1.807, 2.05) is 0 Å². The zero-order valence-corrected chi connectivity index (χ0v) is 4.46. The lowest BCUT2D eigenvalue weighted by molar-refractivity contribution is 0.232. The van der Waals surface area contributed by atoms with Gasteiger partial charge >= 0.3 is 5.76 Å². The van der Waals surface area contributed by atoms with Crippen LogP contribution in [-0.4, -0.2) is 20.2 Å². The molecule has 0 aromatic rings. The molecule has 0 aliphatic carbocycles. The van der Waals surface area contributed by atoms with Gasteiger partial charge in [-0.15, -0.1) is 0 Å². The summed E-state index contributed by atoms with van der Waals surface area (Å²) >= 11 is 0. The Balaban J connectivity index is 4.17. The number of rotatable bonds is 2. The highest BCUT2D eigenvalue weighted by Gasteiger charge is 2.22. The number of hydrogen-bond acceptors (Lipinski definition) is 2. The van der Waals surface area contributed by atoms with Crippen LogP contribution in [0.4, 0.5) is 13.2 Å². The fraction of sp³-hybridized carbons (Fsp3) is 1.00. The summed E-state index contributed by atoms with van der Waals surface area (Å²) in [5.41, 5.74) is 0. The molecule has 0 unspecified atom stereocenters. The molecule has 0 aromatic carbocycles. The van der Waals surface area contributed by atoms with Crippen molar-refractivity contribution in [2.75, 3.05) is 6.01 Å². The number of hydrogen-bond donors (Lipinski definition) is 0. The van der Waals surface area contributed by atoms with Gasteiger partial charge in [-0.05, 0) is 0 Å². The molecular weight excluding hydrogens is 145 g/mol. The van der Waals surface area contributed by atoms with Crippen LogP contribution in [0.2, 0.25) is 0 Å². The van der Waals surface area contributed by atoms with E-state index in [9.17, 15) is 21.6 Å². The second kappa shape index (κ2) is 2.34. The fourth-order valence-electron chi connectivity index (χ4n) is 0.0476. The third-order valence-corrected chi connectivity index (χ3v) is 1.27. The second-order valence-corrected chi connectivity index (χ2v) is 2.93. The van der Waals surface area contributed by atoms with Crippen molar-refractivity contribution < 1.29 is 21.6 Å². The van der Waals surface area contributed by atoms with Gasteiger partial charge in [0, 0.05) is 0 Å². The highest BCUT2D eigenvalue weighted by molar-refractivity contribution is 7.91. The van der Waals surface area contributed by atoms with Gasteiger partial charge in [-0.25, -0.2) is 12.8 Å². The molecule has 0 aromatic heterocycles. The highest BCUT2D eigenvalue weighted by Crippen LogP contribution is 2.04. The molecule has 6 heteroatoms. The summed E-state index contributed by atoms with van der Waals surface area (Å²) in [4.78, 5) is 0. The van der Waals surface area contributed by atoms with Gasteiger partial charge in [0.15, 0.2) is 6.01 Å². The molecule has 2 nitrogen and oxygen atoms in total. The van der Waals surface area contributed by atoms with E-state index in [0.717, 1.165) is 0 Å². The molecule has 0 amide bonds. The minimum atomic E-state index is -4.74. The second-order valence-electron chi connectivity index (χ2n) is 1.03. The molecule has 0 heterocycles. The van der Waals surface area contributed by atoms with Crippen LogP contribution in [0.1, 0.15) is 0 Å². The Morgan fingerprint density at radius 1 is 1.38 bits per heavy atom. The molecule has 0 fully saturated rings. The molecule has 0 N–H and O–H groups in total. The summed E-state index contributed by atoms with van der Waals surface area (Å²) in [5, 5.41) is 0. The topological polar surface area (TPSA) is 34.1 Å². The predicted octanol–water partition coefficient (Wildman–Crippen LogP) is 0.551. The summed E-state index contributed by atoms with van der Waals surface area (Å²) in [6.45, 7) is 0. The Morgan fingerprint density at radius 2 is 1.75 bits per heavy atom. The lowest BCUT2D eigenvalue weighted by Crippen LogP contribution is -2.11. The molecule has 0 aliphatic heterocycles. The normalized spacial score (nSPS) is 12.5. The summed E-state index contributed by atoms with van der Waals surface area (Å²) in [7, 11) is -4.74. The van der Waals surface area contributed by atoms with Gasteiger partial charge in [0.2, 0.25) is 9.84 Å². The Hall–Kier alpha value is -0.260. The third-order valence-electron chi connectivity index (χ3n) is 0.424. The van der Waals surface area contributed by atoms with Gasteiger partial charge in [-0.3, -0.25) is 0 Å². The molecule has 50 valence electrons. The standard InChI is InChI=1S/C2H3F3O2S/c3-1-8(6,7)2(4)5/h2H,1H2. The minimum Gasteiger partial charge on any atom is -0.233 e. The van der Waals surface area contributed by atoms with Gasteiger partial charge < -0.3 is 0 Å². The van der Waals surface area contributed by atoms with E-state index in [1.165, 1.54) is 0 Å². The first-order valence-electron chi connectivity index (χ1n) is 1.56. The van der Waals surface area contributed by atoms with E-state index in [2.05, 4.69) is 0 Å². The number of alkyl halides is 3. The number of halogens is 3. The smallest absolute Gasteiger partial charge is 0.233 e. The number of sulfone groups is 1. The molecule has 0 spiro atoms. The van der Waals surface area contributed by atoms with Gasteiger partial charge in [0.05, 0.1) is 0 Å². The van der Waals surface area contributed by atoms with Crippen molar-refractivity contribution in [3.8, 4) is 0 Å². The van der Waals surface area contributed by atoms with Crippen LogP contribution in [0.25, 0.3) is 0 Å². The third kappa shape index (κ3) is 1.69. The quantitative estimate of drug-likeness (QED) is 0.573. The van der Waals surface area contributed by atoms with E-state index < -0.39 is 21.6 Å². The lowest BCUT2D eigenvalue weighted by atomic mass is 11.7. The maximum absolute atomic E-state index is 11.0. The molecular formula is C2H3F3O2S. The first kappa shape index (κ1) is 7.74. The molecule has 0 rings (SSSR count). The molecule has 0 atom stereocenters. The van der Waals surface area contributed by atoms with Crippen molar-refractivity contribution in [2.24, 2.45) is 0 Å². The van der Waals surface area contributed by atoms with E-state index in [1.54, 1.807) is 0 Å². The van der Waals surface area contributed by atoms with E-state index in [0.29, 0.717) is 0 Å². The molecule has 0 bridgehead atoms. The van der Waals surface area contributed by atoms with Crippen molar-refractivity contribution in [2.45, 2.75) is 5.76 Å². The fourth-order valence-corrected chi connectivity index (χ4v) is 0.143. The van der Waals surface area contributed by atoms with Crippen LogP contribution in [0, 0.1) is 0 Å². The maximum Gasteiger partial charge on any atom is 0.339 e. The van der Waals surface area contributed by atoms with E-state index >= 15 is 0 Å². The van der Waals surface area contributed by atoms with Crippen molar-refractivity contribution in [3.63, 3.8) is 0 Å². The minimum absolute atomic E-state index is 2.00. The Bertz CT molecular complexity index is 149. The van der Waals surface area contributed by atoms with Crippen molar-refractivity contribution in [1.29, 1.82) is 0 Å². The SMILES string of the molecule is O=S(=O)(CF)C(F)F. The first-order valence-corrected chi connectivity index (χ1v) is 3.28. The molecule has 0 aliphatic rings. The van der Waals surface area contributed by atoms with Crippen LogP contribution in [0.5, 0.6) is 0 Å². The summed E-state index contributed by atoms with van der Waals surface area (Å²) in [6.07, 6.45) is 0. The largest absolute Gasteiger partial charge is 0.339 e. The summed E-state index contributed by atoms with van der Waals surface area (Å²) < 4.78 is 52.1. The van der Waals surface area contributed by atoms with Gasteiger partial charge in [0.25, 0.3) is 0 Å². The van der Waals surface area contributed by atoms with Crippen molar-refractivity contribution >= 4 is 9.84 Å². The Kier molecular flexibility index (Phi) is 2.26. The van der Waals surface area contributed by atoms with Crippen molar-refractivity contribution in [1.82, 2.24) is 0 Å². The van der Waals surface area contributed by atoms with Crippen LogP contribution in [-0.2, 0) is 9.84 Å². The summed E-state index contributed by atoms with van der Waals surface area (Å²) in [5.74, 6) is -3.59. The zero-order valence-electron chi connectivity index (χ0n) is 3.64. The zero-order chi connectivity index (χ0) is 6.78. The highest BCUT2D eigenvalue weighted by atomic mass is 32.2. The van der Waals surface area contributed by atoms with Crippen LogP contribution >= 0.6 is 0 Å². The molecule has 0 radical (unpaired) electrons. The monoisotopic (exact) mass is 148 g/mol. The summed E-state index contributed by atoms with van der Waals surface area (Å²) in [6, 6.07) is -2.00. The van der Waals surface area contributed by atoms with Crippen LogP contribution in [0.3, 0.4) is 0 Å². The molecule has 0 saturated heterocycles. The van der Waals surface area contributed by atoms with Gasteiger partial charge in [-0.2, -0.15) is 8.78 Å². The Morgan fingerprint density at radius 3 is 1.75 bits per heavy atom. The van der Waals surface area contributed by atoms with Gasteiger partial charge in [-0.1, -0.05) is 0 Å². The first-order chi connectivity index (χ1) is 3.50. The van der Waals surface area contributed by atoms with Gasteiger partial charge in [0.1, 0.15) is 0 Å². The predicted molar refractivity (Wildman–Crippen MR) is 20.9 cm³/mol. The maximum atomic E-state index is 11.0. The van der Waals surface area contributed by atoms with Crippen LogP contribution in [0.15, 0.2) is 0 Å². The van der Waals surface area contributed by atoms with E-state index in [4.69, 9.17) is 0 Å².